The Bertz CT molecular complexity index is 409. The van der Waals surface area contributed by atoms with Gasteiger partial charge in [0.15, 0.2) is 0 Å². The minimum atomic E-state index is -0.907. The summed E-state index contributed by atoms with van der Waals surface area (Å²) >= 11 is 7.97. The largest absolute Gasteiger partial charge is 0.480 e. The lowest BCUT2D eigenvalue weighted by molar-refractivity contribution is -0.137. The number of nitrogens with one attached hydrogen (secondary N) is 1. The molecule has 1 unspecified atom stereocenters. The van der Waals surface area contributed by atoms with Gasteiger partial charge in [0.1, 0.15) is 6.04 Å². The lowest BCUT2D eigenvalue weighted by Gasteiger charge is -2.15. The topological polar surface area (TPSA) is 49.3 Å². The third-order valence-electron chi connectivity index (χ3n) is 1.96. The molecular formula is C11H11ClINO2. The second-order valence-electron chi connectivity index (χ2n) is 3.18. The van der Waals surface area contributed by atoms with Crippen molar-refractivity contribution in [3.8, 4) is 0 Å². The minimum Gasteiger partial charge on any atom is -0.480 e. The summed E-state index contributed by atoms with van der Waals surface area (Å²) in [6, 6.07) is 4.63. The van der Waals surface area contributed by atoms with Gasteiger partial charge in [0.2, 0.25) is 0 Å². The molecule has 0 bridgehead atoms. The molecule has 1 rings (SSSR count). The maximum absolute atomic E-state index is 10.9. The Kier molecular flexibility index (Phi) is 5.08. The number of carboxylic acids is 1. The van der Waals surface area contributed by atoms with Crippen molar-refractivity contribution in [2.24, 2.45) is 0 Å². The number of rotatable bonds is 5. The fourth-order valence-electron chi connectivity index (χ4n) is 1.18. The van der Waals surface area contributed by atoms with Crippen LogP contribution in [0.5, 0.6) is 0 Å². The van der Waals surface area contributed by atoms with E-state index in [1.165, 1.54) is 0 Å². The summed E-state index contributed by atoms with van der Waals surface area (Å²) in [4.78, 5) is 10.9. The van der Waals surface area contributed by atoms with Crippen molar-refractivity contribution < 1.29 is 9.90 Å². The summed E-state index contributed by atoms with van der Waals surface area (Å²) in [5, 5.41) is 12.5. The predicted molar refractivity (Wildman–Crippen MR) is 74.0 cm³/mol. The van der Waals surface area contributed by atoms with E-state index in [4.69, 9.17) is 16.7 Å². The van der Waals surface area contributed by atoms with Gasteiger partial charge in [0, 0.05) is 14.3 Å². The van der Waals surface area contributed by atoms with Crippen molar-refractivity contribution in [3.05, 3.63) is 39.4 Å². The Balaban J connectivity index is 2.88. The monoisotopic (exact) mass is 351 g/mol. The third kappa shape index (κ3) is 3.68. The average Bonchev–Trinajstić information content (AvgIpc) is 2.22. The Morgan fingerprint density at radius 3 is 2.94 bits per heavy atom. The van der Waals surface area contributed by atoms with Gasteiger partial charge in [-0.05, 0) is 47.2 Å². The molecule has 0 radical (unpaired) electrons. The van der Waals surface area contributed by atoms with Crippen LogP contribution in [0, 0.1) is 3.57 Å². The summed E-state index contributed by atoms with van der Waals surface area (Å²) in [6.07, 6.45) is 1.93. The van der Waals surface area contributed by atoms with Crippen molar-refractivity contribution in [1.82, 2.24) is 0 Å². The maximum Gasteiger partial charge on any atom is 0.326 e. The molecule has 0 aromatic heterocycles. The van der Waals surface area contributed by atoms with Crippen LogP contribution in [0.15, 0.2) is 30.9 Å². The SMILES string of the molecule is C=CCC(Nc1cc(Cl)ccc1I)C(=O)O. The van der Waals surface area contributed by atoms with Crippen molar-refractivity contribution in [1.29, 1.82) is 0 Å². The summed E-state index contributed by atoms with van der Waals surface area (Å²) in [5.74, 6) is -0.907. The van der Waals surface area contributed by atoms with E-state index in [0.717, 1.165) is 9.26 Å². The molecule has 2 N–H and O–H groups in total. The van der Waals surface area contributed by atoms with Crippen LogP contribution >= 0.6 is 34.2 Å². The van der Waals surface area contributed by atoms with Crippen LogP contribution in [0.4, 0.5) is 5.69 Å². The third-order valence-corrected chi connectivity index (χ3v) is 3.13. The first-order chi connectivity index (χ1) is 7.54. The number of carboxylic acid groups (broad SMARTS) is 1. The zero-order valence-corrected chi connectivity index (χ0v) is 11.3. The van der Waals surface area contributed by atoms with Crippen molar-refractivity contribution in [3.63, 3.8) is 0 Å². The van der Waals surface area contributed by atoms with Gasteiger partial charge in [-0.3, -0.25) is 0 Å². The number of anilines is 1. The number of hydrogen-bond acceptors (Lipinski definition) is 2. The molecule has 0 amide bonds. The van der Waals surface area contributed by atoms with Crippen molar-refractivity contribution in [2.75, 3.05) is 5.32 Å². The molecule has 3 nitrogen and oxygen atoms in total. The fraction of sp³-hybridized carbons (Fsp3) is 0.182. The first-order valence-corrected chi connectivity index (χ1v) is 6.05. The van der Waals surface area contributed by atoms with Gasteiger partial charge >= 0.3 is 5.97 Å². The van der Waals surface area contributed by atoms with Gasteiger partial charge in [-0.15, -0.1) is 6.58 Å². The van der Waals surface area contributed by atoms with Crippen LogP contribution in [0.3, 0.4) is 0 Å². The number of hydrogen-bond donors (Lipinski definition) is 2. The molecule has 1 aromatic rings. The minimum absolute atomic E-state index is 0.359. The smallest absolute Gasteiger partial charge is 0.326 e. The maximum atomic E-state index is 10.9. The second-order valence-corrected chi connectivity index (χ2v) is 4.78. The zero-order valence-electron chi connectivity index (χ0n) is 8.41. The summed E-state index contributed by atoms with van der Waals surface area (Å²) < 4.78 is 0.928. The molecule has 0 spiro atoms. The molecule has 0 saturated carbocycles. The standard InChI is InChI=1S/C11H11ClINO2/c1-2-3-9(11(15)16)14-10-6-7(12)4-5-8(10)13/h2,4-6,9,14H,1,3H2,(H,15,16). The van der Waals surface area contributed by atoms with Crippen molar-refractivity contribution >= 4 is 45.8 Å². The predicted octanol–water partition coefficient (Wildman–Crippen LogP) is 3.39. The molecule has 0 aliphatic carbocycles. The number of benzene rings is 1. The first kappa shape index (κ1) is 13.3. The highest BCUT2D eigenvalue weighted by molar-refractivity contribution is 14.1. The molecule has 86 valence electrons. The van der Waals surface area contributed by atoms with Crippen LogP contribution in [0.2, 0.25) is 5.02 Å². The van der Waals surface area contributed by atoms with Gasteiger partial charge in [-0.25, -0.2) is 4.79 Å². The van der Waals surface area contributed by atoms with Crippen LogP contribution in [-0.4, -0.2) is 17.1 Å². The molecule has 1 aromatic carbocycles. The molecule has 0 fully saturated rings. The number of halogens is 2. The Labute approximate surface area is 113 Å². The van der Waals surface area contributed by atoms with E-state index in [0.29, 0.717) is 11.4 Å². The lowest BCUT2D eigenvalue weighted by Crippen LogP contribution is -2.28. The second kappa shape index (κ2) is 6.10. The van der Waals surface area contributed by atoms with Gasteiger partial charge < -0.3 is 10.4 Å². The van der Waals surface area contributed by atoms with Crippen molar-refractivity contribution in [2.45, 2.75) is 12.5 Å². The molecule has 16 heavy (non-hydrogen) atoms. The highest BCUT2D eigenvalue weighted by Crippen LogP contribution is 2.23. The van der Waals surface area contributed by atoms with E-state index in [2.05, 4.69) is 34.5 Å². The Hall–Kier alpha value is -0.750. The van der Waals surface area contributed by atoms with E-state index >= 15 is 0 Å². The van der Waals surface area contributed by atoms with Gasteiger partial charge in [0.25, 0.3) is 0 Å². The summed E-state index contributed by atoms with van der Waals surface area (Å²) in [7, 11) is 0. The Morgan fingerprint density at radius 2 is 2.38 bits per heavy atom. The molecule has 0 aliphatic rings. The number of carbonyl (C=O) groups is 1. The van der Waals surface area contributed by atoms with Crippen LogP contribution in [0.1, 0.15) is 6.42 Å². The first-order valence-electron chi connectivity index (χ1n) is 4.60. The van der Waals surface area contributed by atoms with Gasteiger partial charge in [-0.2, -0.15) is 0 Å². The molecule has 0 heterocycles. The van der Waals surface area contributed by atoms with Crippen LogP contribution < -0.4 is 5.32 Å². The highest BCUT2D eigenvalue weighted by atomic mass is 127. The summed E-state index contributed by atoms with van der Waals surface area (Å²) in [6.45, 7) is 3.53. The average molecular weight is 352 g/mol. The van der Waals surface area contributed by atoms with E-state index in [1.807, 2.05) is 6.07 Å². The van der Waals surface area contributed by atoms with E-state index in [-0.39, 0.29) is 0 Å². The van der Waals surface area contributed by atoms with Crippen LogP contribution in [0.25, 0.3) is 0 Å². The van der Waals surface area contributed by atoms with E-state index < -0.39 is 12.0 Å². The fourth-order valence-corrected chi connectivity index (χ4v) is 1.85. The lowest BCUT2D eigenvalue weighted by atomic mass is 10.2. The van der Waals surface area contributed by atoms with E-state index in [9.17, 15) is 4.79 Å². The van der Waals surface area contributed by atoms with Crippen LogP contribution in [-0.2, 0) is 4.79 Å². The quantitative estimate of drug-likeness (QED) is 0.631. The van der Waals surface area contributed by atoms with Gasteiger partial charge in [0.05, 0.1) is 0 Å². The molecule has 5 heteroatoms. The van der Waals surface area contributed by atoms with Gasteiger partial charge in [-0.1, -0.05) is 17.7 Å². The molecule has 1 atom stereocenters. The Morgan fingerprint density at radius 1 is 1.69 bits per heavy atom. The molecule has 0 aliphatic heterocycles. The summed E-state index contributed by atoms with van der Waals surface area (Å²) in [5.41, 5.74) is 0.724. The normalized spacial score (nSPS) is 11.9. The zero-order chi connectivity index (χ0) is 12.1. The molecule has 0 saturated heterocycles. The van der Waals surface area contributed by atoms with E-state index in [1.54, 1.807) is 18.2 Å². The number of aliphatic carboxylic acids is 1. The molecular weight excluding hydrogens is 340 g/mol. The highest BCUT2D eigenvalue weighted by Gasteiger charge is 2.16.